The molecule has 1 aliphatic rings. The van der Waals surface area contributed by atoms with Crippen molar-refractivity contribution in [3.63, 3.8) is 0 Å². The first kappa shape index (κ1) is 11.7. The molecule has 0 aliphatic carbocycles. The minimum atomic E-state index is -2.90. The highest BCUT2D eigenvalue weighted by Gasteiger charge is 2.30. The van der Waals surface area contributed by atoms with Crippen molar-refractivity contribution < 1.29 is 8.42 Å². The Morgan fingerprint density at radius 3 is 3.00 bits per heavy atom. The van der Waals surface area contributed by atoms with Crippen LogP contribution in [0.1, 0.15) is 12.8 Å². The highest BCUT2D eigenvalue weighted by molar-refractivity contribution is 7.92. The Hall–Kier alpha value is -0.810. The molecule has 1 saturated heterocycles. The van der Waals surface area contributed by atoms with Gasteiger partial charge in [0, 0.05) is 12.7 Å². The molecule has 1 aromatic rings. The molecule has 16 heavy (non-hydrogen) atoms. The number of anilines is 1. The molecule has 0 spiro atoms. The molecule has 88 valence electrons. The predicted molar refractivity (Wildman–Crippen MR) is 64.5 cm³/mol. The van der Waals surface area contributed by atoms with Crippen molar-refractivity contribution >= 4 is 27.3 Å². The van der Waals surface area contributed by atoms with Crippen molar-refractivity contribution in [3.8, 4) is 0 Å². The third-order valence-electron chi connectivity index (χ3n) is 2.72. The Bertz CT molecular complexity index is 475. The van der Waals surface area contributed by atoms with Gasteiger partial charge in [-0.25, -0.2) is 13.4 Å². The molecule has 2 heterocycles. The van der Waals surface area contributed by atoms with Crippen LogP contribution in [0.5, 0.6) is 0 Å². The normalized spacial score (nSPS) is 23.2. The van der Waals surface area contributed by atoms with Gasteiger partial charge in [0.25, 0.3) is 0 Å². The molecule has 0 aromatic carbocycles. The lowest BCUT2D eigenvalue weighted by Gasteiger charge is -2.11. The number of aromatic nitrogens is 1. The second-order valence-corrected chi connectivity index (χ2v) is 6.65. The Kier molecular flexibility index (Phi) is 3.35. The first-order valence-electron chi connectivity index (χ1n) is 5.15. The van der Waals surface area contributed by atoms with E-state index in [-0.39, 0.29) is 5.25 Å². The number of rotatable bonds is 3. The van der Waals surface area contributed by atoms with Crippen LogP contribution in [0.15, 0.2) is 18.3 Å². The highest BCUT2D eigenvalue weighted by Crippen LogP contribution is 2.22. The average Bonchev–Trinajstić information content (AvgIpc) is 2.57. The molecule has 0 saturated carbocycles. The lowest BCUT2D eigenvalue weighted by atomic mass is 10.2. The molecule has 2 rings (SSSR count). The zero-order valence-electron chi connectivity index (χ0n) is 8.69. The van der Waals surface area contributed by atoms with Crippen LogP contribution in [-0.2, 0) is 9.84 Å². The summed E-state index contributed by atoms with van der Waals surface area (Å²) in [6, 6.07) is 3.46. The zero-order chi connectivity index (χ0) is 11.6. The first-order valence-corrected chi connectivity index (χ1v) is 7.25. The third kappa shape index (κ3) is 2.47. The molecule has 1 unspecified atom stereocenters. The molecule has 0 amide bonds. The van der Waals surface area contributed by atoms with Crippen LogP contribution in [0.3, 0.4) is 0 Å². The number of nitrogens with zero attached hydrogens (tertiary/aromatic N) is 1. The highest BCUT2D eigenvalue weighted by atomic mass is 35.5. The van der Waals surface area contributed by atoms with Gasteiger partial charge < -0.3 is 5.32 Å². The second-order valence-electron chi connectivity index (χ2n) is 3.85. The van der Waals surface area contributed by atoms with Gasteiger partial charge in [0.05, 0.1) is 16.0 Å². The van der Waals surface area contributed by atoms with Gasteiger partial charge in [-0.15, -0.1) is 0 Å². The summed E-state index contributed by atoms with van der Waals surface area (Å²) in [6.07, 6.45) is 3.10. The van der Waals surface area contributed by atoms with E-state index < -0.39 is 9.84 Å². The van der Waals surface area contributed by atoms with Crippen molar-refractivity contribution in [2.75, 3.05) is 17.6 Å². The number of pyridine rings is 1. The van der Waals surface area contributed by atoms with Crippen LogP contribution in [0.2, 0.25) is 5.02 Å². The smallest absolute Gasteiger partial charge is 0.154 e. The van der Waals surface area contributed by atoms with Gasteiger partial charge >= 0.3 is 0 Å². The van der Waals surface area contributed by atoms with E-state index in [0.717, 1.165) is 12.8 Å². The quantitative estimate of drug-likeness (QED) is 0.899. The lowest BCUT2D eigenvalue weighted by Crippen LogP contribution is -2.25. The summed E-state index contributed by atoms with van der Waals surface area (Å²) >= 11 is 5.91. The molecule has 0 radical (unpaired) electrons. The van der Waals surface area contributed by atoms with Gasteiger partial charge in [-0.3, -0.25) is 0 Å². The van der Waals surface area contributed by atoms with Crippen molar-refractivity contribution in [2.45, 2.75) is 18.1 Å². The van der Waals surface area contributed by atoms with Gasteiger partial charge in [-0.2, -0.15) is 0 Å². The van der Waals surface area contributed by atoms with Crippen LogP contribution < -0.4 is 5.32 Å². The van der Waals surface area contributed by atoms with E-state index in [1.807, 2.05) is 0 Å². The molecule has 4 nitrogen and oxygen atoms in total. The molecule has 1 atom stereocenters. The summed E-state index contributed by atoms with van der Waals surface area (Å²) in [4.78, 5) is 4.05. The fourth-order valence-corrected chi connectivity index (χ4v) is 3.77. The maximum absolute atomic E-state index is 11.6. The molecular formula is C10H13ClN2O2S. The number of nitrogens with one attached hydrogen (secondary N) is 1. The predicted octanol–water partition coefficient (Wildman–Crippen LogP) is 1.72. The summed E-state index contributed by atoms with van der Waals surface area (Å²) in [5.41, 5.74) is 0. The summed E-state index contributed by atoms with van der Waals surface area (Å²) in [5, 5.41) is 3.20. The summed E-state index contributed by atoms with van der Waals surface area (Å²) in [7, 11) is -2.90. The van der Waals surface area contributed by atoms with Gasteiger partial charge in [0.1, 0.15) is 5.82 Å². The fraction of sp³-hybridized carbons (Fsp3) is 0.500. The average molecular weight is 261 g/mol. The maximum atomic E-state index is 11.6. The van der Waals surface area contributed by atoms with Crippen molar-refractivity contribution in [1.29, 1.82) is 0 Å². The van der Waals surface area contributed by atoms with Gasteiger partial charge in [0.2, 0.25) is 0 Å². The summed E-state index contributed by atoms with van der Waals surface area (Å²) in [6.45, 7) is 0.388. The largest absolute Gasteiger partial charge is 0.368 e. The third-order valence-corrected chi connectivity index (χ3v) is 5.30. The van der Waals surface area contributed by atoms with E-state index in [9.17, 15) is 8.42 Å². The summed E-state index contributed by atoms with van der Waals surface area (Å²) < 4.78 is 23.1. The SMILES string of the molecule is O=S1(=O)CCCC1CNc1ncccc1Cl. The minimum absolute atomic E-state index is 0.300. The minimum Gasteiger partial charge on any atom is -0.368 e. The molecule has 1 N–H and O–H groups in total. The number of sulfone groups is 1. The fourth-order valence-electron chi connectivity index (χ4n) is 1.81. The van der Waals surface area contributed by atoms with Crippen molar-refractivity contribution in [3.05, 3.63) is 23.4 Å². The van der Waals surface area contributed by atoms with Crippen LogP contribution in [-0.4, -0.2) is 30.9 Å². The monoisotopic (exact) mass is 260 g/mol. The van der Waals surface area contributed by atoms with Crippen molar-refractivity contribution in [2.24, 2.45) is 0 Å². The van der Waals surface area contributed by atoms with Gasteiger partial charge in [0.15, 0.2) is 9.84 Å². The number of halogens is 1. The number of hydrogen-bond donors (Lipinski definition) is 1. The molecule has 0 bridgehead atoms. The Morgan fingerprint density at radius 1 is 1.56 bits per heavy atom. The summed E-state index contributed by atoms with van der Waals surface area (Å²) in [5.74, 6) is 0.848. The van der Waals surface area contributed by atoms with Crippen LogP contribution >= 0.6 is 11.6 Å². The number of hydrogen-bond acceptors (Lipinski definition) is 4. The Balaban J connectivity index is 2.01. The van der Waals surface area contributed by atoms with E-state index >= 15 is 0 Å². The molecular weight excluding hydrogens is 248 g/mol. The van der Waals surface area contributed by atoms with Crippen LogP contribution in [0.25, 0.3) is 0 Å². The van der Waals surface area contributed by atoms with Gasteiger partial charge in [-0.1, -0.05) is 11.6 Å². The second kappa shape index (κ2) is 4.59. The van der Waals surface area contributed by atoms with E-state index in [0.29, 0.717) is 23.1 Å². The van der Waals surface area contributed by atoms with E-state index in [4.69, 9.17) is 11.6 Å². The molecule has 6 heteroatoms. The van der Waals surface area contributed by atoms with E-state index in [2.05, 4.69) is 10.3 Å². The van der Waals surface area contributed by atoms with E-state index in [1.165, 1.54) is 0 Å². The molecule has 1 fully saturated rings. The molecule has 1 aromatic heterocycles. The van der Waals surface area contributed by atoms with Crippen molar-refractivity contribution in [1.82, 2.24) is 4.98 Å². The molecule has 1 aliphatic heterocycles. The Labute approximate surface area is 99.9 Å². The first-order chi connectivity index (χ1) is 7.59. The maximum Gasteiger partial charge on any atom is 0.154 e. The Morgan fingerprint density at radius 2 is 2.38 bits per heavy atom. The van der Waals surface area contributed by atoms with Crippen LogP contribution in [0, 0.1) is 0 Å². The topological polar surface area (TPSA) is 59.1 Å². The van der Waals surface area contributed by atoms with Crippen LogP contribution in [0.4, 0.5) is 5.82 Å². The van der Waals surface area contributed by atoms with E-state index in [1.54, 1.807) is 18.3 Å². The lowest BCUT2D eigenvalue weighted by molar-refractivity contribution is 0.591. The van der Waals surface area contributed by atoms with Gasteiger partial charge in [-0.05, 0) is 25.0 Å². The zero-order valence-corrected chi connectivity index (χ0v) is 10.3. The standard InChI is InChI=1S/C10H13ClN2O2S/c11-9-4-1-5-12-10(9)13-7-8-3-2-6-16(8,14)15/h1,4-5,8H,2-3,6-7H2,(H,12,13).